The van der Waals surface area contributed by atoms with Crippen molar-refractivity contribution in [1.29, 1.82) is 0 Å². The monoisotopic (exact) mass is 463 g/mol. The Labute approximate surface area is 200 Å². The lowest BCUT2D eigenvalue weighted by Crippen LogP contribution is -2.32. The lowest BCUT2D eigenvalue weighted by atomic mass is 9.85. The fraction of sp³-hybridized carbons (Fsp3) is 0.286. The Kier molecular flexibility index (Phi) is 6.53. The second kappa shape index (κ2) is 9.39. The van der Waals surface area contributed by atoms with Gasteiger partial charge in [-0.1, -0.05) is 18.2 Å². The maximum Gasteiger partial charge on any atom is 0.169 e. The Morgan fingerprint density at radius 2 is 1.68 bits per heavy atom. The third-order valence-electron chi connectivity index (χ3n) is 5.91. The van der Waals surface area contributed by atoms with Crippen LogP contribution in [-0.2, 0) is 11.5 Å². The Morgan fingerprint density at radius 3 is 2.41 bits per heavy atom. The zero-order valence-corrected chi connectivity index (χ0v) is 20.4. The van der Waals surface area contributed by atoms with Gasteiger partial charge in [-0.15, -0.1) is 0 Å². The molecule has 6 heteroatoms. The molecular weight excluding hydrogens is 433 g/mol. The van der Waals surface area contributed by atoms with Crippen molar-refractivity contribution in [3.05, 3.63) is 77.1 Å². The number of rotatable bonds is 7. The highest BCUT2D eigenvalue weighted by Gasteiger charge is 2.27. The van der Waals surface area contributed by atoms with E-state index in [9.17, 15) is 4.39 Å². The van der Waals surface area contributed by atoms with E-state index >= 15 is 0 Å². The third-order valence-corrected chi connectivity index (χ3v) is 5.91. The van der Waals surface area contributed by atoms with Gasteiger partial charge in [0, 0.05) is 34.5 Å². The number of fused-ring (bicyclic) bond motifs is 1. The second-order valence-corrected chi connectivity index (χ2v) is 9.00. The molecule has 0 saturated carbocycles. The highest BCUT2D eigenvalue weighted by Crippen LogP contribution is 2.43. The van der Waals surface area contributed by atoms with E-state index in [2.05, 4.69) is 44.3 Å². The molecule has 0 atom stereocenters. The smallest absolute Gasteiger partial charge is 0.169 e. The summed E-state index contributed by atoms with van der Waals surface area (Å²) in [6, 6.07) is 14.3. The standard InChI is InChI=1S/C28H30FNO4/c1-17-7-8-19(29)13-25(17)33-16-23-21(22-10-9-20(34-32-6)14-26(22)31-5)11-12-24-27(23)18(2)15-28(3,4)30-24/h7-15,30H,16H2,1-6H3. The normalized spacial score (nSPS) is 14.0. The number of benzene rings is 3. The third kappa shape index (κ3) is 4.73. The molecule has 3 aromatic rings. The van der Waals surface area contributed by atoms with Crippen LogP contribution in [-0.4, -0.2) is 19.8 Å². The fourth-order valence-corrected chi connectivity index (χ4v) is 4.52. The summed E-state index contributed by atoms with van der Waals surface area (Å²) in [5.41, 5.74) is 6.78. The van der Waals surface area contributed by atoms with Crippen LogP contribution in [0.15, 0.2) is 54.6 Å². The first-order valence-electron chi connectivity index (χ1n) is 11.1. The molecule has 0 bridgehead atoms. The number of ether oxygens (including phenoxy) is 2. The highest BCUT2D eigenvalue weighted by molar-refractivity contribution is 5.88. The molecule has 1 aliphatic rings. The lowest BCUT2D eigenvalue weighted by Gasteiger charge is -2.33. The number of hydrogen-bond acceptors (Lipinski definition) is 5. The van der Waals surface area contributed by atoms with Gasteiger partial charge in [0.25, 0.3) is 0 Å². The van der Waals surface area contributed by atoms with Gasteiger partial charge in [0.2, 0.25) is 0 Å². The minimum Gasteiger partial charge on any atom is -0.496 e. The van der Waals surface area contributed by atoms with Crippen LogP contribution in [0.25, 0.3) is 16.7 Å². The van der Waals surface area contributed by atoms with Crippen LogP contribution in [0.1, 0.15) is 37.5 Å². The van der Waals surface area contributed by atoms with Crippen molar-refractivity contribution in [1.82, 2.24) is 0 Å². The van der Waals surface area contributed by atoms with E-state index in [0.29, 0.717) is 17.2 Å². The van der Waals surface area contributed by atoms with Gasteiger partial charge >= 0.3 is 0 Å². The maximum absolute atomic E-state index is 13.9. The van der Waals surface area contributed by atoms with Gasteiger partial charge in [0.05, 0.1) is 19.8 Å². The summed E-state index contributed by atoms with van der Waals surface area (Å²) in [7, 11) is 3.08. The first-order chi connectivity index (χ1) is 16.2. The largest absolute Gasteiger partial charge is 0.496 e. The minimum absolute atomic E-state index is 0.174. The van der Waals surface area contributed by atoms with Crippen LogP contribution in [0.3, 0.4) is 0 Å². The molecule has 0 fully saturated rings. The molecular formula is C28H30FNO4. The molecule has 1 aliphatic heterocycles. The predicted molar refractivity (Wildman–Crippen MR) is 133 cm³/mol. The molecule has 5 nitrogen and oxygen atoms in total. The van der Waals surface area contributed by atoms with Crippen LogP contribution < -0.4 is 19.7 Å². The van der Waals surface area contributed by atoms with Crippen molar-refractivity contribution in [3.8, 4) is 28.4 Å². The molecule has 1 heterocycles. The average molecular weight is 464 g/mol. The van der Waals surface area contributed by atoms with E-state index in [-0.39, 0.29) is 18.0 Å². The van der Waals surface area contributed by atoms with E-state index in [0.717, 1.165) is 39.1 Å². The van der Waals surface area contributed by atoms with Gasteiger partial charge in [-0.05, 0) is 68.7 Å². The summed E-state index contributed by atoms with van der Waals surface area (Å²) in [5, 5.41) is 3.60. The first kappa shape index (κ1) is 23.6. The van der Waals surface area contributed by atoms with Crippen LogP contribution in [0.5, 0.6) is 17.2 Å². The summed E-state index contributed by atoms with van der Waals surface area (Å²) in [6.45, 7) is 8.54. The molecule has 0 unspecified atom stereocenters. The number of aryl methyl sites for hydroxylation is 1. The van der Waals surface area contributed by atoms with E-state index in [4.69, 9.17) is 19.2 Å². The Hall–Kier alpha value is -3.51. The Balaban J connectivity index is 1.86. The highest BCUT2D eigenvalue weighted by atomic mass is 19.1. The van der Waals surface area contributed by atoms with Crippen LogP contribution in [0, 0.1) is 12.7 Å². The van der Waals surface area contributed by atoms with Gasteiger partial charge in [0.15, 0.2) is 5.75 Å². The molecule has 0 saturated heterocycles. The zero-order chi connectivity index (χ0) is 24.5. The fourth-order valence-electron chi connectivity index (χ4n) is 4.52. The molecule has 0 amide bonds. The SMILES string of the molecule is COOc1ccc(-c2ccc3c(c2COc2cc(F)ccc2C)C(C)=CC(C)(C)N3)c(OC)c1. The molecule has 178 valence electrons. The minimum atomic E-state index is -0.328. The van der Waals surface area contributed by atoms with E-state index in [1.165, 1.54) is 19.2 Å². The van der Waals surface area contributed by atoms with Gasteiger partial charge in [-0.2, -0.15) is 4.89 Å². The van der Waals surface area contributed by atoms with Crippen molar-refractivity contribution in [2.45, 2.75) is 39.8 Å². The quantitative estimate of drug-likeness (QED) is 0.304. The number of nitrogens with one attached hydrogen (secondary N) is 1. The number of methoxy groups -OCH3 is 1. The van der Waals surface area contributed by atoms with E-state index in [1.54, 1.807) is 19.2 Å². The molecule has 3 aromatic carbocycles. The van der Waals surface area contributed by atoms with E-state index < -0.39 is 0 Å². The van der Waals surface area contributed by atoms with Crippen molar-refractivity contribution in [2.24, 2.45) is 0 Å². The molecule has 0 aromatic heterocycles. The average Bonchev–Trinajstić information content (AvgIpc) is 2.78. The lowest BCUT2D eigenvalue weighted by molar-refractivity contribution is -0.178. The van der Waals surface area contributed by atoms with Gasteiger partial charge in [-0.3, -0.25) is 0 Å². The van der Waals surface area contributed by atoms with Crippen LogP contribution in [0.2, 0.25) is 0 Å². The zero-order valence-electron chi connectivity index (χ0n) is 20.4. The number of allylic oxidation sites excluding steroid dienone is 1. The van der Waals surface area contributed by atoms with Gasteiger partial charge in [-0.25, -0.2) is 4.39 Å². The van der Waals surface area contributed by atoms with Crippen LogP contribution >= 0.6 is 0 Å². The Bertz CT molecular complexity index is 1250. The number of halogens is 1. The summed E-state index contributed by atoms with van der Waals surface area (Å²) in [4.78, 5) is 9.96. The number of hydrogen-bond donors (Lipinski definition) is 1. The molecule has 34 heavy (non-hydrogen) atoms. The summed E-state index contributed by atoms with van der Waals surface area (Å²) < 4.78 is 25.8. The van der Waals surface area contributed by atoms with Crippen LogP contribution in [0.4, 0.5) is 10.1 Å². The molecule has 0 radical (unpaired) electrons. The van der Waals surface area contributed by atoms with Crippen molar-refractivity contribution in [2.75, 3.05) is 19.5 Å². The predicted octanol–water partition coefficient (Wildman–Crippen LogP) is 6.94. The van der Waals surface area contributed by atoms with E-state index in [1.807, 2.05) is 19.1 Å². The molecule has 0 aliphatic carbocycles. The Morgan fingerprint density at radius 1 is 0.912 bits per heavy atom. The van der Waals surface area contributed by atoms with Gasteiger partial charge < -0.3 is 19.7 Å². The first-order valence-corrected chi connectivity index (χ1v) is 11.1. The summed E-state index contributed by atoms with van der Waals surface area (Å²) >= 11 is 0. The second-order valence-electron chi connectivity index (χ2n) is 9.00. The summed E-state index contributed by atoms with van der Waals surface area (Å²) in [5.74, 6) is 1.37. The maximum atomic E-state index is 13.9. The van der Waals surface area contributed by atoms with Crippen molar-refractivity contribution >= 4 is 11.3 Å². The number of anilines is 1. The molecule has 4 rings (SSSR count). The molecule has 0 spiro atoms. The van der Waals surface area contributed by atoms with Gasteiger partial charge in [0.1, 0.15) is 23.9 Å². The van der Waals surface area contributed by atoms with Crippen molar-refractivity contribution < 1.29 is 23.6 Å². The summed E-state index contributed by atoms with van der Waals surface area (Å²) in [6.07, 6.45) is 2.21. The molecule has 1 N–H and O–H groups in total. The topological polar surface area (TPSA) is 49.0 Å². The van der Waals surface area contributed by atoms with Crippen molar-refractivity contribution in [3.63, 3.8) is 0 Å².